The second kappa shape index (κ2) is 8.00. The second-order valence-corrected chi connectivity index (χ2v) is 6.60. The highest BCUT2D eigenvalue weighted by Gasteiger charge is 2.26. The maximum absolute atomic E-state index is 11.4. The normalized spacial score (nSPS) is 16.4. The van der Waals surface area contributed by atoms with Gasteiger partial charge in [0.15, 0.2) is 0 Å². The van der Waals surface area contributed by atoms with Crippen molar-refractivity contribution in [2.75, 3.05) is 5.43 Å². The summed E-state index contributed by atoms with van der Waals surface area (Å²) in [4.78, 5) is 20.9. The zero-order chi connectivity index (χ0) is 21.1. The molecule has 9 heteroatoms. The largest absolute Gasteiger partial charge is 0.485 e. The molecule has 1 atom stereocenters. The lowest BCUT2D eigenvalue weighted by Crippen LogP contribution is -2.21. The molecule has 0 saturated carbocycles. The van der Waals surface area contributed by atoms with E-state index in [4.69, 9.17) is 4.74 Å². The number of non-ortho nitro benzene ring substituents is 1. The third-order valence-electron chi connectivity index (χ3n) is 4.72. The van der Waals surface area contributed by atoms with Crippen LogP contribution in [0.5, 0.6) is 5.75 Å². The van der Waals surface area contributed by atoms with Gasteiger partial charge in [-0.15, -0.1) is 0 Å². The van der Waals surface area contributed by atoms with Gasteiger partial charge < -0.3 is 4.74 Å². The van der Waals surface area contributed by atoms with E-state index in [0.29, 0.717) is 17.9 Å². The topological polar surface area (TPSA) is 120 Å². The standard InChI is InChI=1S/C21H16N4O5/c26-24(27)15-10-11-17(19(12-15)25(28)29)22-23-18-13-21(14-6-2-1-3-7-14)30-20-9-5-4-8-16(18)20/h1-12,21-22H,13H2. The van der Waals surface area contributed by atoms with Crippen molar-refractivity contribution < 1.29 is 14.6 Å². The van der Waals surface area contributed by atoms with Gasteiger partial charge in [0.2, 0.25) is 0 Å². The third kappa shape index (κ3) is 3.81. The Balaban J connectivity index is 1.69. The van der Waals surface area contributed by atoms with Crippen molar-refractivity contribution in [1.29, 1.82) is 0 Å². The van der Waals surface area contributed by atoms with Gasteiger partial charge in [-0.1, -0.05) is 42.5 Å². The lowest BCUT2D eigenvalue weighted by Gasteiger charge is -2.27. The van der Waals surface area contributed by atoms with Gasteiger partial charge in [0.05, 0.1) is 21.6 Å². The van der Waals surface area contributed by atoms with Crippen molar-refractivity contribution in [3.63, 3.8) is 0 Å². The first-order valence-corrected chi connectivity index (χ1v) is 9.09. The van der Waals surface area contributed by atoms with E-state index >= 15 is 0 Å². The van der Waals surface area contributed by atoms with Crippen molar-refractivity contribution in [1.82, 2.24) is 0 Å². The molecular formula is C21H16N4O5. The van der Waals surface area contributed by atoms with Crippen LogP contribution >= 0.6 is 0 Å². The maximum Gasteiger partial charge on any atom is 0.301 e. The van der Waals surface area contributed by atoms with Crippen LogP contribution in [-0.2, 0) is 0 Å². The Morgan fingerprint density at radius 2 is 1.67 bits per heavy atom. The molecule has 0 bridgehead atoms. The Morgan fingerprint density at radius 1 is 0.933 bits per heavy atom. The fraction of sp³-hybridized carbons (Fsp3) is 0.0952. The quantitative estimate of drug-likeness (QED) is 0.480. The summed E-state index contributed by atoms with van der Waals surface area (Å²) in [5.74, 6) is 0.663. The molecule has 30 heavy (non-hydrogen) atoms. The summed E-state index contributed by atoms with van der Waals surface area (Å²) >= 11 is 0. The van der Waals surface area contributed by atoms with E-state index in [1.54, 1.807) is 0 Å². The van der Waals surface area contributed by atoms with Crippen LogP contribution < -0.4 is 10.2 Å². The third-order valence-corrected chi connectivity index (χ3v) is 4.72. The Bertz CT molecular complexity index is 1150. The van der Waals surface area contributed by atoms with E-state index in [1.807, 2.05) is 54.6 Å². The molecule has 1 heterocycles. The van der Waals surface area contributed by atoms with E-state index in [-0.39, 0.29) is 17.5 Å². The molecule has 1 aliphatic rings. The zero-order valence-corrected chi connectivity index (χ0v) is 15.6. The number of nitro groups is 2. The van der Waals surface area contributed by atoms with E-state index in [2.05, 4.69) is 10.5 Å². The van der Waals surface area contributed by atoms with Gasteiger partial charge in [0.1, 0.15) is 17.5 Å². The predicted octanol–water partition coefficient (Wildman–Crippen LogP) is 4.84. The molecule has 0 aliphatic carbocycles. The minimum atomic E-state index is -0.680. The number of anilines is 1. The maximum atomic E-state index is 11.4. The minimum Gasteiger partial charge on any atom is -0.485 e. The average Bonchev–Trinajstić information content (AvgIpc) is 2.77. The number of rotatable bonds is 5. The van der Waals surface area contributed by atoms with Crippen LogP contribution in [0.3, 0.4) is 0 Å². The molecule has 1 N–H and O–H groups in total. The Hall–Kier alpha value is -4.27. The van der Waals surface area contributed by atoms with Crippen molar-refractivity contribution >= 4 is 22.8 Å². The monoisotopic (exact) mass is 404 g/mol. The van der Waals surface area contributed by atoms with Crippen LogP contribution in [0.4, 0.5) is 17.1 Å². The van der Waals surface area contributed by atoms with E-state index in [0.717, 1.165) is 17.2 Å². The highest BCUT2D eigenvalue weighted by Crippen LogP contribution is 2.35. The van der Waals surface area contributed by atoms with Crippen LogP contribution in [0.2, 0.25) is 0 Å². The molecule has 0 fully saturated rings. The number of ether oxygens (including phenoxy) is 1. The summed E-state index contributed by atoms with van der Waals surface area (Å²) < 4.78 is 6.11. The molecule has 1 unspecified atom stereocenters. The van der Waals surface area contributed by atoms with Crippen LogP contribution in [0.15, 0.2) is 77.9 Å². The highest BCUT2D eigenvalue weighted by atomic mass is 16.6. The van der Waals surface area contributed by atoms with Crippen LogP contribution in [0.25, 0.3) is 0 Å². The average molecular weight is 404 g/mol. The lowest BCUT2D eigenvalue weighted by molar-refractivity contribution is -0.393. The van der Waals surface area contributed by atoms with Crippen LogP contribution in [0, 0.1) is 20.2 Å². The van der Waals surface area contributed by atoms with E-state index < -0.39 is 15.5 Å². The van der Waals surface area contributed by atoms with E-state index in [1.165, 1.54) is 12.1 Å². The molecule has 0 radical (unpaired) electrons. The highest BCUT2D eigenvalue weighted by molar-refractivity contribution is 6.04. The molecule has 4 rings (SSSR count). The zero-order valence-electron chi connectivity index (χ0n) is 15.6. The number of benzene rings is 3. The first-order chi connectivity index (χ1) is 14.5. The second-order valence-electron chi connectivity index (χ2n) is 6.60. The minimum absolute atomic E-state index is 0.0679. The molecule has 9 nitrogen and oxygen atoms in total. The number of hydrogen-bond donors (Lipinski definition) is 1. The van der Waals surface area contributed by atoms with Gasteiger partial charge in [-0.25, -0.2) is 0 Å². The number of hydrogen-bond acceptors (Lipinski definition) is 7. The van der Waals surface area contributed by atoms with E-state index in [9.17, 15) is 20.2 Å². The summed E-state index contributed by atoms with van der Waals surface area (Å²) in [7, 11) is 0. The van der Waals surface area contributed by atoms with Crippen molar-refractivity contribution in [3.05, 3.63) is 104 Å². The number of nitro benzene ring substituents is 2. The van der Waals surface area contributed by atoms with Crippen molar-refractivity contribution in [2.24, 2.45) is 5.10 Å². The smallest absolute Gasteiger partial charge is 0.301 e. The molecule has 0 spiro atoms. The predicted molar refractivity (Wildman–Crippen MR) is 111 cm³/mol. The fourth-order valence-corrected chi connectivity index (χ4v) is 3.25. The van der Waals surface area contributed by atoms with Gasteiger partial charge in [0.25, 0.3) is 5.69 Å². The Morgan fingerprint density at radius 3 is 2.40 bits per heavy atom. The van der Waals surface area contributed by atoms with Crippen LogP contribution in [-0.4, -0.2) is 15.6 Å². The fourth-order valence-electron chi connectivity index (χ4n) is 3.25. The van der Waals surface area contributed by atoms with Crippen LogP contribution in [0.1, 0.15) is 23.7 Å². The van der Waals surface area contributed by atoms with Gasteiger partial charge in [-0.2, -0.15) is 5.10 Å². The molecule has 1 aliphatic heterocycles. The molecule has 150 valence electrons. The van der Waals surface area contributed by atoms with Crippen molar-refractivity contribution in [3.8, 4) is 5.75 Å². The summed E-state index contributed by atoms with van der Waals surface area (Å²) in [5.41, 5.74) is 4.43. The van der Waals surface area contributed by atoms with Gasteiger partial charge >= 0.3 is 5.69 Å². The first kappa shape index (κ1) is 19.1. The number of nitrogens with one attached hydrogen (secondary N) is 1. The Kier molecular flexibility index (Phi) is 5.08. The number of hydrazone groups is 1. The molecule has 3 aromatic rings. The summed E-state index contributed by atoms with van der Waals surface area (Å²) in [6.07, 6.45) is 0.197. The number of nitrogens with zero attached hydrogens (tertiary/aromatic N) is 3. The Labute approximate surface area is 170 Å². The molecule has 0 saturated heterocycles. The van der Waals surface area contributed by atoms with Gasteiger partial charge in [-0.05, 0) is 23.8 Å². The first-order valence-electron chi connectivity index (χ1n) is 9.09. The summed E-state index contributed by atoms with van der Waals surface area (Å²) in [6, 6.07) is 20.5. The molecule has 0 aromatic heterocycles. The van der Waals surface area contributed by atoms with Crippen molar-refractivity contribution in [2.45, 2.75) is 12.5 Å². The summed E-state index contributed by atoms with van der Waals surface area (Å²) in [6.45, 7) is 0. The molecule has 3 aromatic carbocycles. The SMILES string of the molecule is O=[N+]([O-])c1ccc(NN=C2CC(c3ccccc3)Oc3ccccc32)c([N+](=O)[O-])c1. The summed E-state index contributed by atoms with van der Waals surface area (Å²) in [5, 5.41) is 26.7. The molecule has 0 amide bonds. The lowest BCUT2D eigenvalue weighted by atomic mass is 9.96. The molecular weight excluding hydrogens is 388 g/mol. The number of para-hydroxylation sites is 1. The number of fused-ring (bicyclic) bond motifs is 1. The van der Waals surface area contributed by atoms with Gasteiger partial charge in [0, 0.05) is 18.1 Å². The van der Waals surface area contributed by atoms with Gasteiger partial charge in [-0.3, -0.25) is 25.7 Å².